The summed E-state index contributed by atoms with van der Waals surface area (Å²) in [5, 5.41) is 0. The lowest BCUT2D eigenvalue weighted by atomic mass is 10.1. The van der Waals surface area contributed by atoms with Crippen LogP contribution in [0.2, 0.25) is 0 Å². The highest BCUT2D eigenvalue weighted by molar-refractivity contribution is 5.80. The first-order valence-electron chi connectivity index (χ1n) is 4.46. The predicted molar refractivity (Wildman–Crippen MR) is 55.1 cm³/mol. The molecule has 0 fully saturated rings. The van der Waals surface area contributed by atoms with Crippen LogP contribution in [0.25, 0.3) is 0 Å². The predicted octanol–water partition coefficient (Wildman–Crippen LogP) is 2.02. The summed E-state index contributed by atoms with van der Waals surface area (Å²) >= 11 is 0. The molecular weight excluding hydrogens is 181 g/mol. The molecule has 0 spiro atoms. The van der Waals surface area contributed by atoms with Crippen molar-refractivity contribution in [2.45, 2.75) is 13.3 Å². The number of carbonyl (C=O) groups excluding carboxylic acids is 1. The number of nitrogens with zero attached hydrogens (tertiary/aromatic N) is 1. The monoisotopic (exact) mass is 195 g/mol. The third kappa shape index (κ3) is 2.55. The number of hydrogen-bond donors (Lipinski definition) is 0. The Morgan fingerprint density at radius 1 is 1.43 bits per heavy atom. The molecule has 1 aromatic carbocycles. The molecule has 14 heavy (non-hydrogen) atoms. The number of halogens is 1. The first-order valence-corrected chi connectivity index (χ1v) is 4.46. The van der Waals surface area contributed by atoms with Crippen LogP contribution in [0.5, 0.6) is 0 Å². The van der Waals surface area contributed by atoms with Crippen LogP contribution >= 0.6 is 0 Å². The van der Waals surface area contributed by atoms with E-state index < -0.39 is 0 Å². The van der Waals surface area contributed by atoms with Crippen molar-refractivity contribution < 1.29 is 9.18 Å². The van der Waals surface area contributed by atoms with Gasteiger partial charge in [0.15, 0.2) is 0 Å². The van der Waals surface area contributed by atoms with Crippen molar-refractivity contribution in [3.63, 3.8) is 0 Å². The van der Waals surface area contributed by atoms with E-state index in [4.69, 9.17) is 0 Å². The molecule has 0 atom stereocenters. The number of carbonyl (C=O) groups is 1. The van der Waals surface area contributed by atoms with E-state index in [1.54, 1.807) is 6.07 Å². The van der Waals surface area contributed by atoms with Gasteiger partial charge in [-0.1, -0.05) is 0 Å². The summed E-state index contributed by atoms with van der Waals surface area (Å²) in [6.45, 7) is 1.50. The van der Waals surface area contributed by atoms with Crippen molar-refractivity contribution in [1.82, 2.24) is 0 Å². The van der Waals surface area contributed by atoms with Crippen molar-refractivity contribution in [1.29, 1.82) is 0 Å². The van der Waals surface area contributed by atoms with Gasteiger partial charge in [-0.2, -0.15) is 0 Å². The van der Waals surface area contributed by atoms with Crippen LogP contribution in [0.1, 0.15) is 12.5 Å². The molecule has 0 aliphatic heterocycles. The Labute approximate surface area is 83.3 Å². The maximum atomic E-state index is 12.9. The van der Waals surface area contributed by atoms with E-state index in [-0.39, 0.29) is 18.0 Å². The van der Waals surface area contributed by atoms with Gasteiger partial charge in [-0.05, 0) is 30.7 Å². The van der Waals surface area contributed by atoms with Crippen LogP contribution in [0.4, 0.5) is 10.1 Å². The van der Waals surface area contributed by atoms with Gasteiger partial charge < -0.3 is 4.90 Å². The summed E-state index contributed by atoms with van der Waals surface area (Å²) < 4.78 is 12.9. The Balaban J connectivity index is 3.09. The molecule has 0 radical (unpaired) electrons. The van der Waals surface area contributed by atoms with E-state index in [1.165, 1.54) is 19.1 Å². The van der Waals surface area contributed by atoms with Gasteiger partial charge in [0.2, 0.25) is 0 Å². The highest BCUT2D eigenvalue weighted by Crippen LogP contribution is 2.20. The van der Waals surface area contributed by atoms with Gasteiger partial charge in [0.1, 0.15) is 11.6 Å². The van der Waals surface area contributed by atoms with Gasteiger partial charge in [0.05, 0.1) is 0 Å². The van der Waals surface area contributed by atoms with Crippen LogP contribution in [0, 0.1) is 5.82 Å². The van der Waals surface area contributed by atoms with Gasteiger partial charge >= 0.3 is 0 Å². The number of Topliss-reactive ketones (excluding diaryl/α,β-unsaturated/α-hetero) is 1. The van der Waals surface area contributed by atoms with Gasteiger partial charge in [0.25, 0.3) is 0 Å². The smallest absolute Gasteiger partial charge is 0.134 e. The lowest BCUT2D eigenvalue weighted by molar-refractivity contribution is -0.116. The fourth-order valence-corrected chi connectivity index (χ4v) is 1.40. The van der Waals surface area contributed by atoms with E-state index >= 15 is 0 Å². The summed E-state index contributed by atoms with van der Waals surface area (Å²) in [4.78, 5) is 12.8. The Morgan fingerprint density at radius 2 is 2.07 bits per heavy atom. The zero-order chi connectivity index (χ0) is 10.7. The van der Waals surface area contributed by atoms with Crippen LogP contribution in [-0.4, -0.2) is 19.9 Å². The maximum absolute atomic E-state index is 12.9. The minimum atomic E-state index is -0.299. The summed E-state index contributed by atoms with van der Waals surface area (Å²) in [5.41, 5.74) is 1.63. The third-order valence-electron chi connectivity index (χ3n) is 1.96. The number of anilines is 1. The molecule has 0 aliphatic carbocycles. The summed E-state index contributed by atoms with van der Waals surface area (Å²) in [7, 11) is 3.74. The summed E-state index contributed by atoms with van der Waals surface area (Å²) in [6, 6.07) is 4.50. The largest absolute Gasteiger partial charge is 0.377 e. The second-order valence-electron chi connectivity index (χ2n) is 3.55. The molecule has 76 valence electrons. The molecule has 0 bridgehead atoms. The fourth-order valence-electron chi connectivity index (χ4n) is 1.40. The van der Waals surface area contributed by atoms with Gasteiger partial charge in [0, 0.05) is 26.2 Å². The quantitative estimate of drug-likeness (QED) is 0.735. The zero-order valence-electron chi connectivity index (χ0n) is 8.67. The average molecular weight is 195 g/mol. The Kier molecular flexibility index (Phi) is 3.23. The topological polar surface area (TPSA) is 20.3 Å². The minimum absolute atomic E-state index is 0.0405. The lowest BCUT2D eigenvalue weighted by Gasteiger charge is -2.16. The second kappa shape index (κ2) is 4.22. The number of rotatable bonds is 3. The first-order chi connectivity index (χ1) is 6.50. The molecule has 0 saturated carbocycles. The molecule has 0 N–H and O–H groups in total. The molecule has 3 heteroatoms. The van der Waals surface area contributed by atoms with E-state index in [0.29, 0.717) is 0 Å². The lowest BCUT2D eigenvalue weighted by Crippen LogP contribution is -2.12. The molecule has 0 saturated heterocycles. The SMILES string of the molecule is CC(=O)Cc1cc(F)ccc1N(C)C. The van der Waals surface area contributed by atoms with Crippen molar-refractivity contribution in [2.75, 3.05) is 19.0 Å². The molecule has 0 unspecified atom stereocenters. The van der Waals surface area contributed by atoms with Crippen LogP contribution in [0.3, 0.4) is 0 Å². The highest BCUT2D eigenvalue weighted by atomic mass is 19.1. The van der Waals surface area contributed by atoms with E-state index in [2.05, 4.69) is 0 Å². The normalized spacial score (nSPS) is 10.0. The minimum Gasteiger partial charge on any atom is -0.377 e. The molecule has 1 aromatic rings. The maximum Gasteiger partial charge on any atom is 0.134 e. The molecule has 0 aromatic heterocycles. The standard InChI is InChI=1S/C11H14FNO/c1-8(14)6-9-7-10(12)4-5-11(9)13(2)3/h4-5,7H,6H2,1-3H3. The van der Waals surface area contributed by atoms with E-state index in [0.717, 1.165) is 11.3 Å². The Hall–Kier alpha value is -1.38. The fraction of sp³-hybridized carbons (Fsp3) is 0.364. The molecule has 0 aliphatic rings. The molecular formula is C11H14FNO. The molecule has 1 rings (SSSR count). The van der Waals surface area contributed by atoms with Gasteiger partial charge in [-0.25, -0.2) is 4.39 Å². The van der Waals surface area contributed by atoms with Crippen LogP contribution < -0.4 is 4.90 Å². The molecule has 2 nitrogen and oxygen atoms in total. The van der Waals surface area contributed by atoms with Crippen molar-refractivity contribution in [2.24, 2.45) is 0 Å². The third-order valence-corrected chi connectivity index (χ3v) is 1.96. The average Bonchev–Trinajstić information content (AvgIpc) is 2.01. The Bertz CT molecular complexity index is 347. The number of hydrogen-bond acceptors (Lipinski definition) is 2. The zero-order valence-corrected chi connectivity index (χ0v) is 8.67. The number of ketones is 1. The van der Waals surface area contributed by atoms with Gasteiger partial charge in [-0.3, -0.25) is 4.79 Å². The van der Waals surface area contributed by atoms with E-state index in [9.17, 15) is 9.18 Å². The first kappa shape index (κ1) is 10.7. The summed E-state index contributed by atoms with van der Waals surface area (Å²) in [6.07, 6.45) is 0.283. The highest BCUT2D eigenvalue weighted by Gasteiger charge is 2.07. The molecule has 0 amide bonds. The van der Waals surface area contributed by atoms with Crippen LogP contribution in [0.15, 0.2) is 18.2 Å². The van der Waals surface area contributed by atoms with Crippen molar-refractivity contribution in [3.05, 3.63) is 29.6 Å². The molecule has 0 heterocycles. The Morgan fingerprint density at radius 3 is 2.57 bits per heavy atom. The van der Waals surface area contributed by atoms with Crippen molar-refractivity contribution in [3.8, 4) is 0 Å². The van der Waals surface area contributed by atoms with Crippen molar-refractivity contribution >= 4 is 11.5 Å². The number of benzene rings is 1. The van der Waals surface area contributed by atoms with E-state index in [1.807, 2.05) is 19.0 Å². The summed E-state index contributed by atoms with van der Waals surface area (Å²) in [5.74, 6) is -0.259. The van der Waals surface area contributed by atoms with Gasteiger partial charge in [-0.15, -0.1) is 0 Å². The van der Waals surface area contributed by atoms with Crippen LogP contribution in [-0.2, 0) is 11.2 Å². The second-order valence-corrected chi connectivity index (χ2v) is 3.55.